The van der Waals surface area contributed by atoms with E-state index < -0.39 is 13.2 Å². The van der Waals surface area contributed by atoms with Gasteiger partial charge in [-0.3, -0.25) is 9.36 Å². The van der Waals surface area contributed by atoms with Gasteiger partial charge in [-0.25, -0.2) is 0 Å². The minimum atomic E-state index is -3.31. The lowest BCUT2D eigenvalue weighted by Crippen LogP contribution is -2.55. The third-order valence-corrected chi connectivity index (χ3v) is 12.1. The standard InChI is InChI=1S/C24H41O5P/c1-22(26)12-13-23(2)16(14-22)6-7-17-18-8-9-20(24(18,3)11-10-19(17)23)21(25)15-30(27,28-4)29-5/h16-20,26H,6-15H2,1-5H3/t16-,17-,18-,19-,20+,22+,23-,24-/m0/s1. The van der Waals surface area contributed by atoms with Gasteiger partial charge in [0.05, 0.1) is 5.60 Å². The highest BCUT2D eigenvalue weighted by Gasteiger charge is 2.62. The Morgan fingerprint density at radius 1 is 0.933 bits per heavy atom. The lowest BCUT2D eigenvalue weighted by Gasteiger charge is -2.61. The number of hydrogen-bond acceptors (Lipinski definition) is 5. The van der Waals surface area contributed by atoms with Crippen LogP contribution in [0, 0.1) is 40.4 Å². The van der Waals surface area contributed by atoms with Crippen molar-refractivity contribution in [3.8, 4) is 0 Å². The SMILES string of the molecule is COP(=O)(CC(=O)[C@H]1CC[C@H]2[C@@H]3CC[C@H]4C[C@](C)(O)CC[C@]4(C)[C@H]3CC[C@]12C)OC. The van der Waals surface area contributed by atoms with Crippen LogP contribution in [0.2, 0.25) is 0 Å². The van der Waals surface area contributed by atoms with Crippen molar-refractivity contribution in [2.24, 2.45) is 40.4 Å². The van der Waals surface area contributed by atoms with Crippen molar-refractivity contribution in [2.75, 3.05) is 20.4 Å². The van der Waals surface area contributed by atoms with Gasteiger partial charge in [-0.2, -0.15) is 0 Å². The first-order valence-corrected chi connectivity index (χ1v) is 13.7. The van der Waals surface area contributed by atoms with Gasteiger partial charge >= 0.3 is 7.60 Å². The molecule has 0 aromatic carbocycles. The summed E-state index contributed by atoms with van der Waals surface area (Å²) in [6.45, 7) is 6.84. The lowest BCUT2D eigenvalue weighted by molar-refractivity contribution is -0.150. The van der Waals surface area contributed by atoms with E-state index in [-0.39, 0.29) is 23.3 Å². The van der Waals surface area contributed by atoms with Gasteiger partial charge in [-0.1, -0.05) is 13.8 Å². The molecule has 0 aliphatic heterocycles. The third-order valence-electron chi connectivity index (χ3n) is 10.2. The Hall–Kier alpha value is -0.220. The molecular formula is C24H41O5P. The summed E-state index contributed by atoms with van der Waals surface area (Å²) in [5, 5.41) is 10.7. The van der Waals surface area contributed by atoms with Crippen LogP contribution in [0.4, 0.5) is 0 Å². The van der Waals surface area contributed by atoms with Gasteiger partial charge in [0.1, 0.15) is 11.9 Å². The molecule has 0 spiro atoms. The largest absolute Gasteiger partial charge is 0.390 e. The average Bonchev–Trinajstić information content (AvgIpc) is 3.05. The Morgan fingerprint density at radius 2 is 1.60 bits per heavy atom. The summed E-state index contributed by atoms with van der Waals surface area (Å²) >= 11 is 0. The molecule has 0 heterocycles. The van der Waals surface area contributed by atoms with Gasteiger partial charge in [0.2, 0.25) is 0 Å². The number of Topliss-reactive ketones (excluding diaryl/α,β-unsaturated/α-hetero) is 1. The minimum absolute atomic E-state index is 0.00786. The van der Waals surface area contributed by atoms with E-state index in [0.717, 1.165) is 38.5 Å². The summed E-state index contributed by atoms with van der Waals surface area (Å²) < 4.78 is 22.7. The average molecular weight is 441 g/mol. The first-order valence-electron chi connectivity index (χ1n) is 11.9. The molecule has 0 unspecified atom stereocenters. The highest BCUT2D eigenvalue weighted by molar-refractivity contribution is 7.54. The van der Waals surface area contributed by atoms with Crippen molar-refractivity contribution in [1.82, 2.24) is 0 Å². The normalized spacial score (nSPS) is 48.5. The Kier molecular flexibility index (Phi) is 5.88. The van der Waals surface area contributed by atoms with E-state index in [9.17, 15) is 14.5 Å². The monoisotopic (exact) mass is 440 g/mol. The molecule has 30 heavy (non-hydrogen) atoms. The molecule has 0 saturated heterocycles. The third kappa shape index (κ3) is 3.56. The van der Waals surface area contributed by atoms with E-state index in [2.05, 4.69) is 13.8 Å². The molecule has 0 bridgehead atoms. The molecule has 4 aliphatic carbocycles. The predicted molar refractivity (Wildman–Crippen MR) is 117 cm³/mol. The molecule has 4 rings (SSSR count). The van der Waals surface area contributed by atoms with Gasteiger partial charge in [0.25, 0.3) is 0 Å². The quantitative estimate of drug-likeness (QED) is 0.576. The summed E-state index contributed by atoms with van der Waals surface area (Å²) in [7, 11) is -0.584. The molecule has 4 aliphatic rings. The van der Waals surface area contributed by atoms with Crippen LogP contribution in [-0.2, 0) is 18.4 Å². The summed E-state index contributed by atoms with van der Waals surface area (Å²) in [4.78, 5) is 13.2. The van der Waals surface area contributed by atoms with Crippen LogP contribution in [0.3, 0.4) is 0 Å². The van der Waals surface area contributed by atoms with Crippen LogP contribution >= 0.6 is 7.60 Å². The molecule has 172 valence electrons. The van der Waals surface area contributed by atoms with Crippen molar-refractivity contribution in [1.29, 1.82) is 0 Å². The number of rotatable bonds is 5. The van der Waals surface area contributed by atoms with E-state index in [0.29, 0.717) is 29.1 Å². The second kappa shape index (κ2) is 7.68. The lowest BCUT2D eigenvalue weighted by atomic mass is 9.44. The van der Waals surface area contributed by atoms with Crippen LogP contribution in [0.5, 0.6) is 0 Å². The number of carbonyl (C=O) groups is 1. The van der Waals surface area contributed by atoms with Crippen molar-refractivity contribution >= 4 is 13.4 Å². The molecule has 4 fully saturated rings. The van der Waals surface area contributed by atoms with E-state index in [4.69, 9.17) is 9.05 Å². The molecule has 6 heteroatoms. The maximum Gasteiger partial charge on any atom is 0.337 e. The summed E-state index contributed by atoms with van der Waals surface area (Å²) in [6.07, 6.45) is 9.61. The Balaban J connectivity index is 1.53. The summed E-state index contributed by atoms with van der Waals surface area (Å²) in [6, 6.07) is 0. The molecule has 8 atom stereocenters. The van der Waals surface area contributed by atoms with Gasteiger partial charge in [0.15, 0.2) is 0 Å². The van der Waals surface area contributed by atoms with Crippen LogP contribution in [-0.4, -0.2) is 36.9 Å². The van der Waals surface area contributed by atoms with Crippen LogP contribution in [0.15, 0.2) is 0 Å². The second-order valence-corrected chi connectivity index (χ2v) is 13.9. The first-order chi connectivity index (χ1) is 14.0. The fourth-order valence-electron chi connectivity index (χ4n) is 8.46. The van der Waals surface area contributed by atoms with Crippen molar-refractivity contribution in [2.45, 2.75) is 84.2 Å². The molecule has 1 N–H and O–H groups in total. The predicted octanol–water partition coefficient (Wildman–Crippen LogP) is 5.45. The molecule has 5 nitrogen and oxygen atoms in total. The Labute approximate surface area is 182 Å². The zero-order valence-electron chi connectivity index (χ0n) is 19.5. The van der Waals surface area contributed by atoms with Gasteiger partial charge in [-0.15, -0.1) is 0 Å². The van der Waals surface area contributed by atoms with Crippen molar-refractivity contribution < 1.29 is 23.5 Å². The molecule has 4 saturated carbocycles. The minimum Gasteiger partial charge on any atom is -0.390 e. The molecular weight excluding hydrogens is 399 g/mol. The fraction of sp³-hybridized carbons (Fsp3) is 0.958. The van der Waals surface area contributed by atoms with Crippen molar-refractivity contribution in [3.63, 3.8) is 0 Å². The maximum absolute atomic E-state index is 13.2. The van der Waals surface area contributed by atoms with E-state index in [1.54, 1.807) is 0 Å². The number of hydrogen-bond donors (Lipinski definition) is 1. The Bertz CT molecular complexity index is 727. The summed E-state index contributed by atoms with van der Waals surface area (Å²) in [5.41, 5.74) is -0.161. The number of fused-ring (bicyclic) bond motifs is 5. The molecule has 0 amide bonds. The molecule has 0 aromatic rings. The highest BCUT2D eigenvalue weighted by Crippen LogP contribution is 2.68. The van der Waals surface area contributed by atoms with Gasteiger partial charge in [-0.05, 0) is 99.2 Å². The number of ketones is 1. The Morgan fingerprint density at radius 3 is 2.27 bits per heavy atom. The first kappa shape index (κ1) is 23.0. The second-order valence-electron chi connectivity index (χ2n) is 11.6. The van der Waals surface area contributed by atoms with Crippen LogP contribution in [0.1, 0.15) is 78.6 Å². The maximum atomic E-state index is 13.2. The number of aliphatic hydroxyl groups is 1. The van der Waals surface area contributed by atoms with Gasteiger partial charge < -0.3 is 14.2 Å². The zero-order valence-corrected chi connectivity index (χ0v) is 20.4. The molecule has 0 aromatic heterocycles. The van der Waals surface area contributed by atoms with Crippen LogP contribution < -0.4 is 0 Å². The summed E-state index contributed by atoms with van der Waals surface area (Å²) in [5.74, 6) is 2.64. The van der Waals surface area contributed by atoms with E-state index in [1.807, 2.05) is 6.92 Å². The number of carbonyl (C=O) groups excluding carboxylic acids is 1. The fourth-order valence-corrected chi connectivity index (χ4v) is 9.47. The zero-order chi connectivity index (χ0) is 21.9. The van der Waals surface area contributed by atoms with E-state index in [1.165, 1.54) is 33.5 Å². The van der Waals surface area contributed by atoms with E-state index >= 15 is 0 Å². The highest BCUT2D eigenvalue weighted by atomic mass is 31.2. The van der Waals surface area contributed by atoms with Crippen LogP contribution in [0.25, 0.3) is 0 Å². The van der Waals surface area contributed by atoms with Gasteiger partial charge in [0, 0.05) is 20.1 Å². The topological polar surface area (TPSA) is 72.8 Å². The molecule has 0 radical (unpaired) electrons. The van der Waals surface area contributed by atoms with Crippen molar-refractivity contribution in [3.05, 3.63) is 0 Å². The smallest absolute Gasteiger partial charge is 0.337 e.